The molecule has 0 radical (unpaired) electrons. The number of aromatic nitrogens is 2. The van der Waals surface area contributed by atoms with Crippen molar-refractivity contribution in [1.82, 2.24) is 15.5 Å². The molecule has 2 fully saturated rings. The van der Waals surface area contributed by atoms with Crippen LogP contribution in [0.25, 0.3) is 0 Å². The van der Waals surface area contributed by atoms with Gasteiger partial charge in [-0.3, -0.25) is 0 Å². The number of rotatable bonds is 5. The van der Waals surface area contributed by atoms with Crippen LogP contribution in [0.1, 0.15) is 49.1 Å². The van der Waals surface area contributed by atoms with Crippen LogP contribution in [0.5, 0.6) is 0 Å². The van der Waals surface area contributed by atoms with Crippen LogP contribution in [-0.4, -0.2) is 22.4 Å². The number of nitrogens with zero attached hydrogens (tertiary/aromatic N) is 2. The van der Waals surface area contributed by atoms with E-state index in [0.717, 1.165) is 30.7 Å². The third-order valence-corrected chi connectivity index (χ3v) is 4.73. The highest BCUT2D eigenvalue weighted by Crippen LogP contribution is 2.36. The van der Waals surface area contributed by atoms with Gasteiger partial charge in [0.05, 0.1) is 11.8 Å². The Morgan fingerprint density at radius 2 is 2.24 bits per heavy atom. The zero-order chi connectivity index (χ0) is 11.5. The van der Waals surface area contributed by atoms with Gasteiger partial charge in [-0.05, 0) is 43.9 Å². The first-order valence-electron chi connectivity index (χ1n) is 6.56. The van der Waals surface area contributed by atoms with Crippen molar-refractivity contribution in [2.45, 2.75) is 43.9 Å². The van der Waals surface area contributed by atoms with E-state index in [-0.39, 0.29) is 0 Å². The monoisotopic (exact) mass is 253 g/mol. The third kappa shape index (κ3) is 3.22. The Bertz CT molecular complexity index is 358. The van der Waals surface area contributed by atoms with Gasteiger partial charge >= 0.3 is 0 Å². The molecule has 1 saturated heterocycles. The van der Waals surface area contributed by atoms with Crippen molar-refractivity contribution < 1.29 is 4.52 Å². The van der Waals surface area contributed by atoms with E-state index in [1.807, 2.05) is 11.8 Å². The molecule has 1 atom stereocenters. The molecule has 3 rings (SSSR count). The lowest BCUT2D eigenvalue weighted by molar-refractivity contribution is 0.361. The molecule has 0 amide bonds. The molecular weight excluding hydrogens is 234 g/mol. The average Bonchev–Trinajstić information content (AvgIpc) is 3.07. The second kappa shape index (κ2) is 5.40. The molecule has 1 aliphatic carbocycles. The number of nitrogens with one attached hydrogen (secondary N) is 1. The first kappa shape index (κ1) is 11.5. The molecule has 1 unspecified atom stereocenters. The first-order chi connectivity index (χ1) is 8.42. The lowest BCUT2D eigenvalue weighted by Crippen LogP contribution is -2.16. The number of hydrogen-bond donors (Lipinski definition) is 1. The van der Waals surface area contributed by atoms with Crippen molar-refractivity contribution in [2.24, 2.45) is 5.92 Å². The molecular formula is C12H19N3OS. The summed E-state index contributed by atoms with van der Waals surface area (Å²) in [6.07, 6.45) is 6.57. The molecule has 1 aliphatic heterocycles. The molecule has 17 heavy (non-hydrogen) atoms. The molecule has 2 aliphatic rings. The minimum absolute atomic E-state index is 0.463. The standard InChI is InChI=1S/C12H19N3OS/c1-2-6-17-10(3-1)12-14-11(16-15-12)8-13-7-9-4-5-9/h9-10,13H,1-8H2. The fourth-order valence-electron chi connectivity index (χ4n) is 2.12. The molecule has 4 nitrogen and oxygen atoms in total. The Kier molecular flexibility index (Phi) is 3.66. The van der Waals surface area contributed by atoms with Crippen LogP contribution in [0.3, 0.4) is 0 Å². The van der Waals surface area contributed by atoms with Crippen molar-refractivity contribution in [3.63, 3.8) is 0 Å². The molecule has 5 heteroatoms. The molecule has 1 aromatic rings. The Labute approximate surface area is 106 Å². The van der Waals surface area contributed by atoms with Crippen LogP contribution in [0, 0.1) is 5.92 Å². The number of thioether (sulfide) groups is 1. The second-order valence-corrected chi connectivity index (χ2v) is 6.29. The van der Waals surface area contributed by atoms with E-state index in [1.165, 1.54) is 37.9 Å². The lowest BCUT2D eigenvalue weighted by Gasteiger charge is -2.17. The van der Waals surface area contributed by atoms with Crippen LogP contribution < -0.4 is 5.32 Å². The van der Waals surface area contributed by atoms with Crippen molar-refractivity contribution in [2.75, 3.05) is 12.3 Å². The maximum Gasteiger partial charge on any atom is 0.240 e. The smallest absolute Gasteiger partial charge is 0.240 e. The summed E-state index contributed by atoms with van der Waals surface area (Å²) in [6.45, 7) is 1.82. The summed E-state index contributed by atoms with van der Waals surface area (Å²) in [5, 5.41) is 7.95. The predicted octanol–water partition coefficient (Wildman–Crippen LogP) is 2.53. The van der Waals surface area contributed by atoms with E-state index < -0.39 is 0 Å². The van der Waals surface area contributed by atoms with Gasteiger partial charge in [0.1, 0.15) is 0 Å². The number of hydrogen-bond acceptors (Lipinski definition) is 5. The molecule has 1 N–H and O–H groups in total. The fraction of sp³-hybridized carbons (Fsp3) is 0.833. The second-order valence-electron chi connectivity index (χ2n) is 4.98. The van der Waals surface area contributed by atoms with E-state index >= 15 is 0 Å². The molecule has 0 bridgehead atoms. The van der Waals surface area contributed by atoms with Gasteiger partial charge in [-0.2, -0.15) is 16.7 Å². The maximum absolute atomic E-state index is 5.28. The largest absolute Gasteiger partial charge is 0.338 e. The van der Waals surface area contributed by atoms with Crippen LogP contribution in [0.15, 0.2) is 4.52 Å². The van der Waals surface area contributed by atoms with Crippen LogP contribution >= 0.6 is 11.8 Å². The van der Waals surface area contributed by atoms with E-state index in [0.29, 0.717) is 5.25 Å². The van der Waals surface area contributed by atoms with Crippen molar-refractivity contribution >= 4 is 11.8 Å². The van der Waals surface area contributed by atoms with Crippen LogP contribution in [-0.2, 0) is 6.54 Å². The van der Waals surface area contributed by atoms with Gasteiger partial charge in [0, 0.05) is 0 Å². The van der Waals surface area contributed by atoms with Gasteiger partial charge in [-0.1, -0.05) is 11.6 Å². The summed E-state index contributed by atoms with van der Waals surface area (Å²) in [7, 11) is 0. The topological polar surface area (TPSA) is 51.0 Å². The maximum atomic E-state index is 5.28. The minimum atomic E-state index is 0.463. The zero-order valence-electron chi connectivity index (χ0n) is 10.0. The quantitative estimate of drug-likeness (QED) is 0.874. The lowest BCUT2D eigenvalue weighted by atomic mass is 10.2. The highest BCUT2D eigenvalue weighted by atomic mass is 32.2. The van der Waals surface area contributed by atoms with Crippen molar-refractivity contribution in [1.29, 1.82) is 0 Å². The van der Waals surface area contributed by atoms with E-state index in [9.17, 15) is 0 Å². The van der Waals surface area contributed by atoms with Crippen LogP contribution in [0.2, 0.25) is 0 Å². The van der Waals surface area contributed by atoms with Crippen molar-refractivity contribution in [3.05, 3.63) is 11.7 Å². The summed E-state index contributed by atoms with van der Waals surface area (Å²) in [6, 6.07) is 0. The Morgan fingerprint density at radius 1 is 1.29 bits per heavy atom. The van der Waals surface area contributed by atoms with Gasteiger partial charge in [-0.25, -0.2) is 0 Å². The molecule has 0 aromatic carbocycles. The van der Waals surface area contributed by atoms with Crippen molar-refractivity contribution in [3.8, 4) is 0 Å². The molecule has 0 spiro atoms. The highest BCUT2D eigenvalue weighted by Gasteiger charge is 2.22. The third-order valence-electron chi connectivity index (χ3n) is 3.36. The highest BCUT2D eigenvalue weighted by molar-refractivity contribution is 7.99. The predicted molar refractivity (Wildman–Crippen MR) is 67.8 cm³/mol. The molecule has 1 saturated carbocycles. The van der Waals surface area contributed by atoms with Gasteiger partial charge < -0.3 is 9.84 Å². The zero-order valence-corrected chi connectivity index (χ0v) is 10.8. The summed E-state index contributed by atoms with van der Waals surface area (Å²) < 4.78 is 5.28. The first-order valence-corrected chi connectivity index (χ1v) is 7.61. The van der Waals surface area contributed by atoms with Gasteiger partial charge in [-0.15, -0.1) is 0 Å². The van der Waals surface area contributed by atoms with E-state index in [4.69, 9.17) is 4.52 Å². The van der Waals surface area contributed by atoms with Gasteiger partial charge in [0.15, 0.2) is 5.82 Å². The van der Waals surface area contributed by atoms with E-state index in [2.05, 4.69) is 15.5 Å². The Morgan fingerprint density at radius 3 is 3.00 bits per heavy atom. The summed E-state index contributed by atoms with van der Waals surface area (Å²) in [4.78, 5) is 4.49. The SMILES string of the molecule is C1CCC(c2noc(CNCC3CC3)n2)SC1. The summed E-state index contributed by atoms with van der Waals surface area (Å²) >= 11 is 1.96. The molecule has 94 valence electrons. The fourth-order valence-corrected chi connectivity index (χ4v) is 3.35. The van der Waals surface area contributed by atoms with Crippen LogP contribution in [0.4, 0.5) is 0 Å². The summed E-state index contributed by atoms with van der Waals surface area (Å²) in [5.74, 6) is 3.77. The minimum Gasteiger partial charge on any atom is -0.338 e. The molecule has 2 heterocycles. The van der Waals surface area contributed by atoms with E-state index in [1.54, 1.807) is 0 Å². The Balaban J connectivity index is 1.49. The normalized spacial score (nSPS) is 25.1. The van der Waals surface area contributed by atoms with Gasteiger partial charge in [0.2, 0.25) is 5.89 Å². The van der Waals surface area contributed by atoms with Gasteiger partial charge in [0.25, 0.3) is 0 Å². The Hall–Kier alpha value is -0.550. The summed E-state index contributed by atoms with van der Waals surface area (Å²) in [5.41, 5.74) is 0. The average molecular weight is 253 g/mol. The molecule has 1 aromatic heterocycles.